The van der Waals surface area contributed by atoms with Crippen molar-refractivity contribution < 1.29 is 14.2 Å². The minimum absolute atomic E-state index is 0.150. The van der Waals surface area contributed by atoms with Gasteiger partial charge in [-0.25, -0.2) is 0 Å². The highest BCUT2D eigenvalue weighted by atomic mass is 16.5. The Balaban J connectivity index is 2.13. The van der Waals surface area contributed by atoms with Crippen LogP contribution in [0.4, 0.5) is 0 Å². The molecule has 1 rings (SSSR count). The summed E-state index contributed by atoms with van der Waals surface area (Å²) in [6.07, 6.45) is 5.28. The van der Waals surface area contributed by atoms with Crippen molar-refractivity contribution in [2.75, 3.05) is 40.1 Å². The summed E-state index contributed by atoms with van der Waals surface area (Å²) >= 11 is 0. The van der Waals surface area contributed by atoms with E-state index in [4.69, 9.17) is 14.2 Å². The minimum atomic E-state index is -0.150. The maximum atomic E-state index is 9.52. The lowest BCUT2D eigenvalue weighted by Crippen LogP contribution is -2.29. The first-order valence-corrected chi connectivity index (χ1v) is 8.19. The maximum Gasteiger partial charge on any atom is 0.0701 e. The molecule has 1 aliphatic carbocycles. The first-order chi connectivity index (χ1) is 10.1. The average molecular weight is 297 g/mol. The van der Waals surface area contributed by atoms with E-state index in [1.54, 1.807) is 7.11 Å². The molecule has 4 nitrogen and oxygen atoms in total. The van der Waals surface area contributed by atoms with Crippen molar-refractivity contribution in [3.63, 3.8) is 0 Å². The normalized spacial score (nSPS) is 26.0. The summed E-state index contributed by atoms with van der Waals surface area (Å²) in [5, 5.41) is 9.52. The van der Waals surface area contributed by atoms with Crippen molar-refractivity contribution in [3.05, 3.63) is 0 Å². The van der Waals surface area contributed by atoms with E-state index in [0.29, 0.717) is 33.0 Å². The van der Waals surface area contributed by atoms with Crippen LogP contribution in [-0.2, 0) is 14.2 Å². The average Bonchev–Trinajstić information content (AvgIpc) is 2.50. The molecule has 0 N–H and O–H groups in total. The molecule has 0 radical (unpaired) electrons. The molecule has 0 spiro atoms. The Bertz CT molecular complexity index is 304. The number of nitrogens with zero attached hydrogens (tertiary/aromatic N) is 1. The second kappa shape index (κ2) is 10.2. The van der Waals surface area contributed by atoms with Crippen LogP contribution in [0.15, 0.2) is 0 Å². The van der Waals surface area contributed by atoms with Gasteiger partial charge in [0, 0.05) is 13.7 Å². The van der Waals surface area contributed by atoms with Crippen LogP contribution in [0.5, 0.6) is 0 Å². The lowest BCUT2D eigenvalue weighted by atomic mass is 9.67. The molecule has 0 aliphatic heterocycles. The SMILES string of the molecule is COCCOCCOCCC1(C#N)CCC(C(C)C)CC1. The van der Waals surface area contributed by atoms with Crippen LogP contribution < -0.4 is 0 Å². The van der Waals surface area contributed by atoms with Crippen LogP contribution in [0.1, 0.15) is 46.0 Å². The molecule has 0 amide bonds. The highest BCUT2D eigenvalue weighted by molar-refractivity contribution is 5.01. The molecule has 1 aliphatic rings. The van der Waals surface area contributed by atoms with Crippen LogP contribution in [-0.4, -0.2) is 40.1 Å². The molecular formula is C17H31NO3. The van der Waals surface area contributed by atoms with Crippen molar-refractivity contribution in [3.8, 4) is 6.07 Å². The van der Waals surface area contributed by atoms with Crippen molar-refractivity contribution in [1.82, 2.24) is 0 Å². The summed E-state index contributed by atoms with van der Waals surface area (Å²) in [5.41, 5.74) is -0.150. The summed E-state index contributed by atoms with van der Waals surface area (Å²) in [6.45, 7) is 7.66. The molecule has 0 atom stereocenters. The molecule has 122 valence electrons. The topological polar surface area (TPSA) is 51.5 Å². The van der Waals surface area contributed by atoms with Gasteiger partial charge in [-0.1, -0.05) is 13.8 Å². The standard InChI is InChI=1S/C17H31NO3/c1-15(2)16-4-6-17(14-18,7-5-16)8-9-20-12-13-21-11-10-19-3/h15-16H,4-13H2,1-3H3. The Morgan fingerprint density at radius 2 is 1.62 bits per heavy atom. The van der Waals surface area contributed by atoms with Crippen LogP contribution in [0.2, 0.25) is 0 Å². The van der Waals surface area contributed by atoms with Crippen LogP contribution in [0, 0.1) is 28.6 Å². The fourth-order valence-corrected chi connectivity index (χ4v) is 3.01. The van der Waals surface area contributed by atoms with Gasteiger partial charge in [-0.15, -0.1) is 0 Å². The molecule has 0 aromatic heterocycles. The smallest absolute Gasteiger partial charge is 0.0701 e. The number of hydrogen-bond acceptors (Lipinski definition) is 4. The van der Waals surface area contributed by atoms with Gasteiger partial charge in [0.25, 0.3) is 0 Å². The number of rotatable bonds is 10. The summed E-state index contributed by atoms with van der Waals surface area (Å²) in [7, 11) is 1.66. The number of ether oxygens (including phenoxy) is 3. The molecule has 4 heteroatoms. The van der Waals surface area contributed by atoms with Crippen LogP contribution in [0.25, 0.3) is 0 Å². The highest BCUT2D eigenvalue weighted by Crippen LogP contribution is 2.43. The van der Waals surface area contributed by atoms with E-state index in [0.717, 1.165) is 31.1 Å². The lowest BCUT2D eigenvalue weighted by Gasteiger charge is -2.36. The van der Waals surface area contributed by atoms with E-state index in [9.17, 15) is 5.26 Å². The second-order valence-electron chi connectivity index (χ2n) is 6.44. The van der Waals surface area contributed by atoms with E-state index >= 15 is 0 Å². The predicted octanol–water partition coefficient (Wildman–Crippen LogP) is 3.41. The van der Waals surface area contributed by atoms with E-state index in [1.165, 1.54) is 12.8 Å². The molecule has 21 heavy (non-hydrogen) atoms. The molecule has 0 heterocycles. The molecule has 0 unspecified atom stereocenters. The zero-order valence-corrected chi connectivity index (χ0v) is 13.9. The minimum Gasteiger partial charge on any atom is -0.382 e. The largest absolute Gasteiger partial charge is 0.382 e. The van der Waals surface area contributed by atoms with Gasteiger partial charge in [-0.05, 0) is 43.9 Å². The van der Waals surface area contributed by atoms with Gasteiger partial charge in [0.15, 0.2) is 0 Å². The van der Waals surface area contributed by atoms with E-state index in [2.05, 4.69) is 19.9 Å². The van der Waals surface area contributed by atoms with Crippen molar-refractivity contribution >= 4 is 0 Å². The van der Waals surface area contributed by atoms with Crippen LogP contribution in [0.3, 0.4) is 0 Å². The number of hydrogen-bond donors (Lipinski definition) is 0. The van der Waals surface area contributed by atoms with Crippen molar-refractivity contribution in [2.24, 2.45) is 17.3 Å². The first-order valence-electron chi connectivity index (χ1n) is 8.19. The van der Waals surface area contributed by atoms with E-state index in [1.807, 2.05) is 0 Å². The molecule has 0 aromatic carbocycles. The Kier molecular flexibility index (Phi) is 8.91. The Morgan fingerprint density at radius 3 is 2.14 bits per heavy atom. The fraction of sp³-hybridized carbons (Fsp3) is 0.941. The van der Waals surface area contributed by atoms with Gasteiger partial charge in [-0.2, -0.15) is 5.26 Å². The van der Waals surface area contributed by atoms with Gasteiger partial charge >= 0.3 is 0 Å². The van der Waals surface area contributed by atoms with Gasteiger partial charge in [0.05, 0.1) is 37.9 Å². The Labute approximate surface area is 129 Å². The van der Waals surface area contributed by atoms with Crippen molar-refractivity contribution in [2.45, 2.75) is 46.0 Å². The van der Waals surface area contributed by atoms with Gasteiger partial charge in [0.1, 0.15) is 0 Å². The van der Waals surface area contributed by atoms with Gasteiger partial charge < -0.3 is 14.2 Å². The van der Waals surface area contributed by atoms with E-state index in [-0.39, 0.29) is 5.41 Å². The molecule has 0 saturated heterocycles. The maximum absolute atomic E-state index is 9.52. The summed E-state index contributed by atoms with van der Waals surface area (Å²) in [4.78, 5) is 0. The summed E-state index contributed by atoms with van der Waals surface area (Å²) in [5.74, 6) is 1.53. The molecule has 0 bridgehead atoms. The van der Waals surface area contributed by atoms with E-state index < -0.39 is 0 Å². The number of methoxy groups -OCH3 is 1. The Morgan fingerprint density at radius 1 is 1.05 bits per heavy atom. The Hall–Kier alpha value is -0.630. The molecule has 1 saturated carbocycles. The van der Waals surface area contributed by atoms with Crippen molar-refractivity contribution in [1.29, 1.82) is 5.26 Å². The van der Waals surface area contributed by atoms with Gasteiger partial charge in [-0.3, -0.25) is 0 Å². The third-order valence-corrected chi connectivity index (χ3v) is 4.70. The zero-order chi connectivity index (χ0) is 15.6. The third kappa shape index (κ3) is 6.78. The van der Waals surface area contributed by atoms with Gasteiger partial charge in [0.2, 0.25) is 0 Å². The third-order valence-electron chi connectivity index (χ3n) is 4.70. The first kappa shape index (κ1) is 18.4. The second-order valence-corrected chi connectivity index (χ2v) is 6.44. The van der Waals surface area contributed by atoms with Crippen LogP contribution >= 0.6 is 0 Å². The predicted molar refractivity (Wildman–Crippen MR) is 83.0 cm³/mol. The number of nitriles is 1. The fourth-order valence-electron chi connectivity index (χ4n) is 3.01. The summed E-state index contributed by atoms with van der Waals surface area (Å²) < 4.78 is 15.8. The molecular weight excluding hydrogens is 266 g/mol. The zero-order valence-electron chi connectivity index (χ0n) is 13.9. The molecule has 1 fully saturated rings. The summed E-state index contributed by atoms with van der Waals surface area (Å²) in [6, 6.07) is 2.57. The highest BCUT2D eigenvalue weighted by Gasteiger charge is 2.35. The molecule has 0 aromatic rings. The lowest BCUT2D eigenvalue weighted by molar-refractivity contribution is 0.0159. The monoisotopic (exact) mass is 297 g/mol. The quantitative estimate of drug-likeness (QED) is 0.580.